The molecular weight excluding hydrogens is 426 g/mol. The van der Waals surface area contributed by atoms with Gasteiger partial charge in [-0.2, -0.15) is 8.78 Å². The van der Waals surface area contributed by atoms with Crippen LogP contribution in [0.25, 0.3) is 22.9 Å². The molecular formula is C20H18F2N6O2S. The Kier molecular flexibility index (Phi) is 5.96. The van der Waals surface area contributed by atoms with Gasteiger partial charge in [0.1, 0.15) is 0 Å². The molecule has 0 amide bonds. The Morgan fingerprint density at radius 3 is 2.58 bits per heavy atom. The lowest BCUT2D eigenvalue weighted by Gasteiger charge is -2.09. The van der Waals surface area contributed by atoms with Crippen molar-refractivity contribution >= 4 is 12.2 Å². The molecule has 4 rings (SSSR count). The average Bonchev–Trinajstić information content (AvgIpc) is 3.36. The molecule has 0 aliphatic carbocycles. The lowest BCUT2D eigenvalue weighted by atomic mass is 10.1. The number of aromatic nitrogens is 5. The van der Waals surface area contributed by atoms with Gasteiger partial charge in [0, 0.05) is 18.3 Å². The molecule has 0 saturated heterocycles. The van der Waals surface area contributed by atoms with Crippen molar-refractivity contribution in [2.75, 3.05) is 14.1 Å². The third kappa shape index (κ3) is 4.89. The molecule has 1 aromatic carbocycles. The maximum absolute atomic E-state index is 12.6. The van der Waals surface area contributed by atoms with E-state index in [1.54, 1.807) is 12.1 Å². The summed E-state index contributed by atoms with van der Waals surface area (Å²) in [6.45, 7) is 1.08. The van der Waals surface area contributed by atoms with Crippen molar-refractivity contribution in [1.82, 2.24) is 29.9 Å². The first kappa shape index (κ1) is 20.9. The Hall–Kier alpha value is -3.31. The lowest BCUT2D eigenvalue weighted by molar-refractivity contribution is 0.116. The molecule has 0 spiro atoms. The quantitative estimate of drug-likeness (QED) is 0.389. The van der Waals surface area contributed by atoms with Gasteiger partial charge in [-0.15, -0.1) is 15.3 Å². The Morgan fingerprint density at radius 1 is 1.06 bits per heavy atom. The van der Waals surface area contributed by atoms with Crippen LogP contribution in [-0.4, -0.2) is 44.0 Å². The molecule has 0 saturated carbocycles. The summed E-state index contributed by atoms with van der Waals surface area (Å²) in [5.41, 5.74) is 3.05. The highest BCUT2D eigenvalue weighted by atomic mass is 32.1. The van der Waals surface area contributed by atoms with Gasteiger partial charge in [-0.05, 0) is 56.1 Å². The van der Waals surface area contributed by atoms with Crippen molar-refractivity contribution in [1.29, 1.82) is 0 Å². The highest BCUT2D eigenvalue weighted by molar-refractivity contribution is 7.71. The molecule has 0 aliphatic heterocycles. The van der Waals surface area contributed by atoms with E-state index in [4.69, 9.17) is 21.1 Å². The molecule has 31 heavy (non-hydrogen) atoms. The summed E-state index contributed by atoms with van der Waals surface area (Å²) in [6, 6.07) is 11.3. The van der Waals surface area contributed by atoms with E-state index in [0.717, 1.165) is 17.7 Å². The second-order valence-corrected chi connectivity index (χ2v) is 7.40. The summed E-state index contributed by atoms with van der Waals surface area (Å²) in [5.74, 6) is -0.324. The smallest absolute Gasteiger partial charge is 0.314 e. The number of halogens is 2. The standard InChI is InChI=1S/C20H18F2N6O2S/c1-27(2)10-12-4-3-5-13(8-12)18-26-28(20(31)30-18)11-15-7-6-14(9-23-15)17-24-25-19(29-17)16(21)22/h3-9,16H,10-11H2,1-2H3. The number of nitrogens with zero attached hydrogens (tertiary/aromatic N) is 6. The van der Waals surface area contributed by atoms with Crippen molar-refractivity contribution < 1.29 is 17.6 Å². The molecule has 0 fully saturated rings. The topological polar surface area (TPSA) is 86.0 Å². The van der Waals surface area contributed by atoms with Crippen LogP contribution in [0, 0.1) is 4.84 Å². The minimum Gasteiger partial charge on any atom is -0.415 e. The van der Waals surface area contributed by atoms with Crippen LogP contribution in [0.5, 0.6) is 0 Å². The summed E-state index contributed by atoms with van der Waals surface area (Å²) >= 11 is 5.30. The van der Waals surface area contributed by atoms with Gasteiger partial charge in [0.25, 0.3) is 10.7 Å². The third-order valence-electron chi connectivity index (χ3n) is 4.29. The molecule has 0 N–H and O–H groups in total. The van der Waals surface area contributed by atoms with Crippen LogP contribution >= 0.6 is 12.2 Å². The SMILES string of the molecule is CN(C)Cc1cccc(-c2nn(Cc3ccc(-c4nnc(C(F)F)o4)cn3)c(=S)o2)c1. The fourth-order valence-corrected chi connectivity index (χ4v) is 3.11. The zero-order valence-corrected chi connectivity index (χ0v) is 17.5. The number of hydrogen-bond acceptors (Lipinski definition) is 8. The van der Waals surface area contributed by atoms with Gasteiger partial charge < -0.3 is 13.7 Å². The number of rotatable bonds is 7. The molecule has 0 bridgehead atoms. The van der Waals surface area contributed by atoms with E-state index in [2.05, 4.69) is 25.2 Å². The summed E-state index contributed by atoms with van der Waals surface area (Å²) in [6.07, 6.45) is -1.35. The van der Waals surface area contributed by atoms with Gasteiger partial charge in [-0.1, -0.05) is 12.1 Å². The molecule has 0 atom stereocenters. The Balaban J connectivity index is 1.51. The highest BCUT2D eigenvalue weighted by Gasteiger charge is 2.17. The van der Waals surface area contributed by atoms with Crippen LogP contribution in [0.2, 0.25) is 0 Å². The van der Waals surface area contributed by atoms with Crippen molar-refractivity contribution in [2.45, 2.75) is 19.5 Å². The summed E-state index contributed by atoms with van der Waals surface area (Å²) in [5, 5.41) is 11.4. The fourth-order valence-electron chi connectivity index (χ4n) is 2.93. The number of hydrogen-bond donors (Lipinski definition) is 0. The van der Waals surface area contributed by atoms with Crippen molar-refractivity contribution in [2.24, 2.45) is 0 Å². The lowest BCUT2D eigenvalue weighted by Crippen LogP contribution is -2.10. The van der Waals surface area contributed by atoms with Crippen LogP contribution in [0.3, 0.4) is 0 Å². The fraction of sp³-hybridized carbons (Fsp3) is 0.250. The molecule has 0 aliphatic rings. The van der Waals surface area contributed by atoms with Crippen LogP contribution in [0.4, 0.5) is 8.78 Å². The first-order valence-electron chi connectivity index (χ1n) is 9.28. The van der Waals surface area contributed by atoms with Crippen LogP contribution in [-0.2, 0) is 13.1 Å². The molecule has 11 heteroatoms. The van der Waals surface area contributed by atoms with E-state index >= 15 is 0 Å². The Labute approximate surface area is 181 Å². The van der Waals surface area contributed by atoms with E-state index in [1.807, 2.05) is 38.4 Å². The monoisotopic (exact) mass is 444 g/mol. The predicted molar refractivity (Wildman–Crippen MR) is 110 cm³/mol. The van der Waals surface area contributed by atoms with Gasteiger partial charge in [0.2, 0.25) is 11.8 Å². The molecule has 0 radical (unpaired) electrons. The normalized spacial score (nSPS) is 11.5. The molecule has 3 aromatic heterocycles. The van der Waals surface area contributed by atoms with Crippen LogP contribution in [0.15, 0.2) is 51.4 Å². The zero-order chi connectivity index (χ0) is 22.0. The summed E-state index contributed by atoms with van der Waals surface area (Å²) < 4.78 is 37.3. The van der Waals surface area contributed by atoms with Crippen molar-refractivity contribution in [3.63, 3.8) is 0 Å². The second-order valence-electron chi connectivity index (χ2n) is 7.05. The van der Waals surface area contributed by atoms with Gasteiger partial charge >= 0.3 is 6.43 Å². The number of pyridine rings is 1. The zero-order valence-electron chi connectivity index (χ0n) is 16.7. The second kappa shape index (κ2) is 8.82. The van der Waals surface area contributed by atoms with Gasteiger partial charge in [-0.25, -0.2) is 4.68 Å². The highest BCUT2D eigenvalue weighted by Crippen LogP contribution is 2.23. The molecule has 160 valence electrons. The predicted octanol–water partition coefficient (Wildman–Crippen LogP) is 4.37. The van der Waals surface area contributed by atoms with E-state index in [0.29, 0.717) is 17.1 Å². The average molecular weight is 444 g/mol. The minimum atomic E-state index is -2.82. The first-order chi connectivity index (χ1) is 14.9. The summed E-state index contributed by atoms with van der Waals surface area (Å²) in [4.78, 5) is 6.60. The van der Waals surface area contributed by atoms with Gasteiger partial charge in [-0.3, -0.25) is 4.98 Å². The number of alkyl halides is 2. The van der Waals surface area contributed by atoms with E-state index in [9.17, 15) is 8.78 Å². The van der Waals surface area contributed by atoms with Crippen LogP contribution in [0.1, 0.15) is 23.6 Å². The molecule has 3 heterocycles. The molecule has 8 nitrogen and oxygen atoms in total. The minimum absolute atomic E-state index is 0.0210. The van der Waals surface area contributed by atoms with E-state index in [-0.39, 0.29) is 17.3 Å². The van der Waals surface area contributed by atoms with Gasteiger partial charge in [0.05, 0.1) is 17.8 Å². The van der Waals surface area contributed by atoms with Crippen molar-refractivity contribution in [3.05, 3.63) is 64.6 Å². The third-order valence-corrected chi connectivity index (χ3v) is 4.58. The van der Waals surface area contributed by atoms with Crippen molar-refractivity contribution in [3.8, 4) is 22.9 Å². The maximum Gasteiger partial charge on any atom is 0.314 e. The first-order valence-corrected chi connectivity index (χ1v) is 9.68. The van der Waals surface area contributed by atoms with E-state index in [1.165, 1.54) is 10.9 Å². The summed E-state index contributed by atoms with van der Waals surface area (Å²) in [7, 11) is 4.00. The Bertz CT molecular complexity index is 1230. The van der Waals surface area contributed by atoms with Crippen LogP contribution < -0.4 is 0 Å². The largest absolute Gasteiger partial charge is 0.415 e. The molecule has 0 unspecified atom stereocenters. The molecule has 4 aromatic rings. The number of benzene rings is 1. The van der Waals surface area contributed by atoms with Gasteiger partial charge in [0.15, 0.2) is 0 Å². The Morgan fingerprint density at radius 2 is 1.90 bits per heavy atom. The van der Waals surface area contributed by atoms with E-state index < -0.39 is 12.3 Å². The maximum atomic E-state index is 12.6.